The Labute approximate surface area is 188 Å². The Morgan fingerprint density at radius 3 is 2.56 bits per heavy atom. The second-order valence-corrected chi connectivity index (χ2v) is 8.58. The summed E-state index contributed by atoms with van der Waals surface area (Å²) in [6.45, 7) is 4.83. The van der Waals surface area contributed by atoms with Crippen molar-refractivity contribution in [2.45, 2.75) is 64.5 Å². The third kappa shape index (κ3) is 5.29. The predicted octanol–water partition coefficient (Wildman–Crippen LogP) is 3.70. The maximum atomic E-state index is 12.4. The number of amides is 1. The number of carbonyl (C=O) groups is 2. The summed E-state index contributed by atoms with van der Waals surface area (Å²) in [5, 5.41) is 8.72. The largest absolute Gasteiger partial charge is 0.465 e. The summed E-state index contributed by atoms with van der Waals surface area (Å²) in [6, 6.07) is 9.75. The average molecular weight is 441 g/mol. The number of esters is 1. The number of likely N-dealkylation sites (tertiary alicyclic amines) is 1. The molecular weight excluding hydrogens is 408 g/mol. The van der Waals surface area contributed by atoms with Crippen LogP contribution in [0.5, 0.6) is 0 Å². The van der Waals surface area contributed by atoms with Crippen molar-refractivity contribution in [2.75, 3.05) is 19.7 Å². The van der Waals surface area contributed by atoms with Gasteiger partial charge >= 0.3 is 12.1 Å². The molecule has 8 nitrogen and oxygen atoms in total. The van der Waals surface area contributed by atoms with Crippen molar-refractivity contribution in [2.24, 2.45) is 5.92 Å². The number of benzene rings is 1. The Bertz CT molecular complexity index is 906. The van der Waals surface area contributed by atoms with Gasteiger partial charge in [-0.2, -0.15) is 0 Å². The van der Waals surface area contributed by atoms with E-state index in [1.54, 1.807) is 0 Å². The zero-order valence-electron chi connectivity index (χ0n) is 18.7. The van der Waals surface area contributed by atoms with Crippen LogP contribution in [-0.2, 0) is 33.8 Å². The number of aromatic nitrogens is 3. The Balaban J connectivity index is 1.23. The van der Waals surface area contributed by atoms with Gasteiger partial charge in [-0.3, -0.25) is 4.79 Å². The molecule has 172 valence electrons. The number of hydrogen-bond donors (Lipinski definition) is 0. The lowest BCUT2D eigenvalue weighted by molar-refractivity contribution is -0.145. The summed E-state index contributed by atoms with van der Waals surface area (Å²) in [6.07, 6.45) is 5.25. The van der Waals surface area contributed by atoms with Crippen LogP contribution in [-0.4, -0.2) is 51.4 Å². The molecule has 0 bridgehead atoms. The molecule has 4 rings (SSSR count). The second kappa shape index (κ2) is 10.6. The average Bonchev–Trinajstić information content (AvgIpc) is 3.25. The van der Waals surface area contributed by atoms with Crippen LogP contribution in [0, 0.1) is 5.92 Å². The van der Waals surface area contributed by atoms with E-state index in [1.807, 2.05) is 42.2 Å². The molecule has 0 saturated carbocycles. The molecule has 32 heavy (non-hydrogen) atoms. The maximum Gasteiger partial charge on any atom is 0.410 e. The van der Waals surface area contributed by atoms with E-state index >= 15 is 0 Å². The van der Waals surface area contributed by atoms with Crippen LogP contribution in [0.1, 0.15) is 62.2 Å². The number of piperidine rings is 1. The zero-order valence-corrected chi connectivity index (χ0v) is 18.7. The van der Waals surface area contributed by atoms with Gasteiger partial charge in [0.15, 0.2) is 0 Å². The van der Waals surface area contributed by atoms with Gasteiger partial charge in [0.2, 0.25) is 0 Å². The van der Waals surface area contributed by atoms with E-state index in [9.17, 15) is 9.59 Å². The van der Waals surface area contributed by atoms with Gasteiger partial charge in [0.1, 0.15) is 24.2 Å². The van der Waals surface area contributed by atoms with Crippen molar-refractivity contribution < 1.29 is 19.1 Å². The topological polar surface area (TPSA) is 86.5 Å². The quantitative estimate of drug-likeness (QED) is 0.610. The minimum Gasteiger partial charge on any atom is -0.465 e. The van der Waals surface area contributed by atoms with Crippen LogP contribution >= 0.6 is 0 Å². The molecule has 0 N–H and O–H groups in total. The Morgan fingerprint density at radius 2 is 1.81 bits per heavy atom. The van der Waals surface area contributed by atoms with Crippen molar-refractivity contribution in [1.82, 2.24) is 19.7 Å². The van der Waals surface area contributed by atoms with Gasteiger partial charge < -0.3 is 18.9 Å². The summed E-state index contributed by atoms with van der Waals surface area (Å²) in [7, 11) is 0. The van der Waals surface area contributed by atoms with E-state index in [4.69, 9.17) is 9.47 Å². The van der Waals surface area contributed by atoms with Crippen molar-refractivity contribution in [1.29, 1.82) is 0 Å². The maximum absolute atomic E-state index is 12.4. The molecule has 3 heterocycles. The lowest BCUT2D eigenvalue weighted by Gasteiger charge is -2.31. The number of fused-ring (bicyclic) bond motifs is 1. The molecule has 8 heteroatoms. The monoisotopic (exact) mass is 440 g/mol. The molecule has 1 aromatic heterocycles. The predicted molar refractivity (Wildman–Crippen MR) is 118 cm³/mol. The number of rotatable bonds is 7. The van der Waals surface area contributed by atoms with Crippen LogP contribution in [0.25, 0.3) is 0 Å². The lowest BCUT2D eigenvalue weighted by atomic mass is 9.92. The first kappa shape index (κ1) is 22.3. The first-order valence-corrected chi connectivity index (χ1v) is 11.7. The fraction of sp³-hybridized carbons (Fsp3) is 0.583. The number of hydrogen-bond acceptors (Lipinski definition) is 6. The summed E-state index contributed by atoms with van der Waals surface area (Å²) < 4.78 is 12.8. The van der Waals surface area contributed by atoms with Crippen LogP contribution < -0.4 is 0 Å². The minimum absolute atomic E-state index is 0.195. The molecule has 1 amide bonds. The molecule has 1 atom stereocenters. The van der Waals surface area contributed by atoms with Gasteiger partial charge in [0.25, 0.3) is 0 Å². The highest BCUT2D eigenvalue weighted by Gasteiger charge is 2.32. The highest BCUT2D eigenvalue weighted by Crippen LogP contribution is 2.29. The van der Waals surface area contributed by atoms with Gasteiger partial charge in [-0.1, -0.05) is 30.3 Å². The normalized spacial score (nSPS) is 18.8. The third-order valence-electron chi connectivity index (χ3n) is 6.47. The van der Waals surface area contributed by atoms with E-state index in [1.165, 1.54) is 0 Å². The van der Waals surface area contributed by atoms with Crippen LogP contribution in [0.15, 0.2) is 30.3 Å². The van der Waals surface area contributed by atoms with E-state index < -0.39 is 0 Å². The third-order valence-corrected chi connectivity index (χ3v) is 6.47. The highest BCUT2D eigenvalue weighted by atomic mass is 16.6. The molecule has 2 aliphatic rings. The van der Waals surface area contributed by atoms with Crippen LogP contribution in [0.4, 0.5) is 4.79 Å². The van der Waals surface area contributed by atoms with Crippen molar-refractivity contribution in [3.63, 3.8) is 0 Å². The Hall–Kier alpha value is -2.90. The summed E-state index contributed by atoms with van der Waals surface area (Å²) in [5.41, 5.74) is 0.998. The SMILES string of the molecule is CCOC(=O)C1CCCn2c(CCC3CCN(C(=O)OCc4ccccc4)CC3)nnc21. The fourth-order valence-electron chi connectivity index (χ4n) is 4.63. The first-order valence-electron chi connectivity index (χ1n) is 11.7. The summed E-state index contributed by atoms with van der Waals surface area (Å²) >= 11 is 0. The molecule has 1 fully saturated rings. The second-order valence-electron chi connectivity index (χ2n) is 8.58. The summed E-state index contributed by atoms with van der Waals surface area (Å²) in [4.78, 5) is 26.4. The molecule has 0 spiro atoms. The Morgan fingerprint density at radius 1 is 1.03 bits per heavy atom. The minimum atomic E-state index is -0.296. The van der Waals surface area contributed by atoms with Crippen LogP contribution in [0.3, 0.4) is 0 Å². The first-order chi connectivity index (χ1) is 15.7. The van der Waals surface area contributed by atoms with Gasteiger partial charge in [-0.25, -0.2) is 4.79 Å². The molecule has 0 aliphatic carbocycles. The molecule has 2 aromatic rings. The number of ether oxygens (including phenoxy) is 2. The van der Waals surface area contributed by atoms with Crippen molar-refractivity contribution >= 4 is 12.1 Å². The van der Waals surface area contributed by atoms with E-state index in [0.29, 0.717) is 19.1 Å². The molecule has 1 unspecified atom stereocenters. The van der Waals surface area contributed by atoms with Crippen molar-refractivity contribution in [3.8, 4) is 0 Å². The van der Waals surface area contributed by atoms with Gasteiger partial charge in [-0.05, 0) is 50.5 Å². The molecule has 2 aliphatic heterocycles. The molecule has 0 radical (unpaired) electrons. The number of nitrogens with zero attached hydrogens (tertiary/aromatic N) is 4. The summed E-state index contributed by atoms with van der Waals surface area (Å²) in [5.74, 6) is 1.76. The van der Waals surface area contributed by atoms with Gasteiger partial charge in [-0.15, -0.1) is 10.2 Å². The molecule has 1 aromatic carbocycles. The lowest BCUT2D eigenvalue weighted by Crippen LogP contribution is -2.38. The van der Waals surface area contributed by atoms with E-state index in [2.05, 4.69) is 14.8 Å². The molecule has 1 saturated heterocycles. The standard InChI is InChI=1S/C24H32N4O4/c1-2-31-23(29)20-9-6-14-28-21(25-26-22(20)28)11-10-18-12-15-27(16-13-18)24(30)32-17-19-7-4-3-5-8-19/h3-5,7-8,18,20H,2,6,9-17H2,1H3. The van der Waals surface area contributed by atoms with E-state index in [-0.39, 0.29) is 18.0 Å². The van der Waals surface area contributed by atoms with Crippen LogP contribution in [0.2, 0.25) is 0 Å². The van der Waals surface area contributed by atoms with E-state index in [0.717, 1.165) is 75.4 Å². The Kier molecular flexibility index (Phi) is 7.39. The number of carbonyl (C=O) groups excluding carboxylic acids is 2. The van der Waals surface area contributed by atoms with Gasteiger partial charge in [0.05, 0.1) is 6.61 Å². The zero-order chi connectivity index (χ0) is 22.3. The highest BCUT2D eigenvalue weighted by molar-refractivity contribution is 5.77. The smallest absolute Gasteiger partial charge is 0.410 e. The van der Waals surface area contributed by atoms with Crippen molar-refractivity contribution in [3.05, 3.63) is 47.5 Å². The molecular formula is C24H32N4O4. The van der Waals surface area contributed by atoms with Gasteiger partial charge in [0, 0.05) is 26.1 Å². The number of aryl methyl sites for hydroxylation is 1. The fourth-order valence-corrected chi connectivity index (χ4v) is 4.63.